The number of rotatable bonds is 2. The average Bonchev–Trinajstić information content (AvgIpc) is 2.67. The van der Waals surface area contributed by atoms with Gasteiger partial charge in [-0.3, -0.25) is 0 Å². The van der Waals surface area contributed by atoms with Crippen LogP contribution < -0.4 is 0 Å². The van der Waals surface area contributed by atoms with Gasteiger partial charge in [-0.1, -0.05) is 11.6 Å². The molecule has 0 spiro atoms. The highest BCUT2D eigenvalue weighted by Crippen LogP contribution is 2.29. The fraction of sp³-hybridized carbons (Fsp3) is 0.167. The van der Waals surface area contributed by atoms with E-state index in [0.29, 0.717) is 22.1 Å². The number of benzene rings is 1. The van der Waals surface area contributed by atoms with Crippen molar-refractivity contribution in [3.8, 4) is 0 Å². The first-order valence-electron chi connectivity index (χ1n) is 4.77. The molecular formula is C12H10ClFO2. The molecule has 2 rings (SSSR count). The Morgan fingerprint density at radius 1 is 1.31 bits per heavy atom. The summed E-state index contributed by atoms with van der Waals surface area (Å²) in [6.07, 6.45) is -1.04. The summed E-state index contributed by atoms with van der Waals surface area (Å²) in [5, 5.41) is 10.3. The summed E-state index contributed by atoms with van der Waals surface area (Å²) >= 11 is 5.88. The molecular weight excluding hydrogens is 231 g/mol. The van der Waals surface area contributed by atoms with Crippen LogP contribution in [0.4, 0.5) is 4.39 Å². The largest absolute Gasteiger partial charge is 0.463 e. The van der Waals surface area contributed by atoms with Gasteiger partial charge in [-0.15, -0.1) is 0 Å². The van der Waals surface area contributed by atoms with Crippen molar-refractivity contribution in [1.82, 2.24) is 0 Å². The molecule has 0 amide bonds. The lowest BCUT2D eigenvalue weighted by Crippen LogP contribution is -1.99. The summed E-state index contributed by atoms with van der Waals surface area (Å²) in [4.78, 5) is 0. The summed E-state index contributed by atoms with van der Waals surface area (Å²) in [5.74, 6) is 0.591. The highest BCUT2D eigenvalue weighted by atomic mass is 35.5. The van der Waals surface area contributed by atoms with Crippen molar-refractivity contribution in [2.24, 2.45) is 0 Å². The molecule has 84 valence electrons. The highest BCUT2D eigenvalue weighted by Gasteiger charge is 2.17. The Bertz CT molecular complexity index is 507. The molecule has 1 unspecified atom stereocenters. The van der Waals surface area contributed by atoms with Gasteiger partial charge >= 0.3 is 0 Å². The molecule has 4 heteroatoms. The number of hydrogen-bond donors (Lipinski definition) is 1. The van der Waals surface area contributed by atoms with Gasteiger partial charge < -0.3 is 9.52 Å². The number of hydrogen-bond acceptors (Lipinski definition) is 2. The maximum atomic E-state index is 13.0. The van der Waals surface area contributed by atoms with Crippen LogP contribution >= 0.6 is 11.6 Å². The van der Waals surface area contributed by atoms with Gasteiger partial charge in [0.25, 0.3) is 0 Å². The molecule has 1 aromatic heterocycles. The smallest absolute Gasteiger partial charge is 0.138 e. The average molecular weight is 241 g/mol. The molecule has 16 heavy (non-hydrogen) atoms. The minimum atomic E-state index is -1.04. The second kappa shape index (κ2) is 4.28. The molecule has 0 saturated carbocycles. The maximum Gasteiger partial charge on any atom is 0.138 e. The predicted molar refractivity (Wildman–Crippen MR) is 58.9 cm³/mol. The Kier molecular flexibility index (Phi) is 2.99. The number of aliphatic hydroxyl groups excluding tert-OH is 1. The van der Waals surface area contributed by atoms with Gasteiger partial charge in [-0.25, -0.2) is 4.39 Å². The van der Waals surface area contributed by atoms with Crippen LogP contribution in [-0.2, 0) is 0 Å². The minimum absolute atomic E-state index is 0.302. The van der Waals surface area contributed by atoms with Crippen molar-refractivity contribution in [2.75, 3.05) is 0 Å². The van der Waals surface area contributed by atoms with E-state index in [1.807, 2.05) is 0 Å². The van der Waals surface area contributed by atoms with E-state index in [1.54, 1.807) is 19.1 Å². The molecule has 0 aliphatic heterocycles. The number of aryl methyl sites for hydroxylation is 1. The van der Waals surface area contributed by atoms with E-state index >= 15 is 0 Å². The highest BCUT2D eigenvalue weighted by molar-refractivity contribution is 6.31. The molecule has 1 aromatic carbocycles. The first-order chi connectivity index (χ1) is 7.58. The minimum Gasteiger partial charge on any atom is -0.463 e. The van der Waals surface area contributed by atoms with E-state index in [0.717, 1.165) is 0 Å². The van der Waals surface area contributed by atoms with Gasteiger partial charge in [0.1, 0.15) is 23.4 Å². The molecule has 1 N–H and O–H groups in total. The Morgan fingerprint density at radius 2 is 2.06 bits per heavy atom. The van der Waals surface area contributed by atoms with Crippen LogP contribution in [0.1, 0.15) is 23.2 Å². The van der Waals surface area contributed by atoms with Gasteiger partial charge in [-0.2, -0.15) is 0 Å². The zero-order chi connectivity index (χ0) is 11.7. The van der Waals surface area contributed by atoms with Crippen molar-refractivity contribution in [1.29, 1.82) is 0 Å². The summed E-state index contributed by atoms with van der Waals surface area (Å²) in [7, 11) is 0. The van der Waals surface area contributed by atoms with Gasteiger partial charge in [0, 0.05) is 10.6 Å². The van der Waals surface area contributed by atoms with Crippen LogP contribution in [0.25, 0.3) is 0 Å². The normalized spacial score (nSPS) is 12.8. The fourth-order valence-corrected chi connectivity index (χ4v) is 1.70. The zero-order valence-corrected chi connectivity index (χ0v) is 9.33. The third kappa shape index (κ3) is 2.10. The van der Waals surface area contributed by atoms with E-state index in [9.17, 15) is 9.50 Å². The standard InChI is InChI=1S/C12H10ClFO2/c1-7-2-5-11(16-7)12(15)9-6-8(14)3-4-10(9)13/h2-6,12,15H,1H3. The molecule has 1 atom stereocenters. The summed E-state index contributed by atoms with van der Waals surface area (Å²) < 4.78 is 18.3. The fourth-order valence-electron chi connectivity index (χ4n) is 1.48. The van der Waals surface area contributed by atoms with E-state index in [2.05, 4.69) is 0 Å². The van der Waals surface area contributed by atoms with Gasteiger partial charge in [-0.05, 0) is 37.3 Å². The molecule has 0 saturated heterocycles. The van der Waals surface area contributed by atoms with Crippen LogP contribution in [0.2, 0.25) is 5.02 Å². The second-order valence-electron chi connectivity index (χ2n) is 3.52. The monoisotopic (exact) mass is 240 g/mol. The lowest BCUT2D eigenvalue weighted by Gasteiger charge is -2.10. The van der Waals surface area contributed by atoms with Gasteiger partial charge in [0.15, 0.2) is 0 Å². The van der Waals surface area contributed by atoms with Crippen molar-refractivity contribution in [2.45, 2.75) is 13.0 Å². The number of halogens is 2. The summed E-state index contributed by atoms with van der Waals surface area (Å²) in [5.41, 5.74) is 0.302. The second-order valence-corrected chi connectivity index (χ2v) is 3.92. The Labute approximate surface area is 97.3 Å². The molecule has 0 radical (unpaired) electrons. The summed E-state index contributed by atoms with van der Waals surface area (Å²) in [6.45, 7) is 1.77. The molecule has 0 aliphatic carbocycles. The van der Waals surface area contributed by atoms with Crippen molar-refractivity contribution in [3.63, 3.8) is 0 Å². The van der Waals surface area contributed by atoms with E-state index in [1.165, 1.54) is 18.2 Å². The topological polar surface area (TPSA) is 33.4 Å². The van der Waals surface area contributed by atoms with Crippen LogP contribution in [-0.4, -0.2) is 5.11 Å². The lowest BCUT2D eigenvalue weighted by molar-refractivity contribution is 0.187. The maximum absolute atomic E-state index is 13.0. The van der Waals surface area contributed by atoms with Crippen LogP contribution in [0.15, 0.2) is 34.7 Å². The SMILES string of the molecule is Cc1ccc(C(O)c2cc(F)ccc2Cl)o1. The van der Waals surface area contributed by atoms with Gasteiger partial charge in [0.05, 0.1) is 0 Å². The van der Waals surface area contributed by atoms with Crippen molar-refractivity contribution >= 4 is 11.6 Å². The van der Waals surface area contributed by atoms with Crippen LogP contribution in [0.3, 0.4) is 0 Å². The Balaban J connectivity index is 2.40. The Morgan fingerprint density at radius 3 is 2.69 bits per heavy atom. The third-order valence-corrected chi connectivity index (χ3v) is 2.63. The molecule has 0 fully saturated rings. The quantitative estimate of drug-likeness (QED) is 0.872. The lowest BCUT2D eigenvalue weighted by atomic mass is 10.1. The van der Waals surface area contributed by atoms with E-state index in [4.69, 9.17) is 16.0 Å². The van der Waals surface area contributed by atoms with Crippen molar-refractivity contribution in [3.05, 3.63) is 58.3 Å². The van der Waals surface area contributed by atoms with E-state index < -0.39 is 11.9 Å². The third-order valence-electron chi connectivity index (χ3n) is 2.28. The van der Waals surface area contributed by atoms with Crippen LogP contribution in [0.5, 0.6) is 0 Å². The summed E-state index contributed by atoms with van der Waals surface area (Å²) in [6, 6.07) is 7.22. The van der Waals surface area contributed by atoms with E-state index in [-0.39, 0.29) is 0 Å². The molecule has 0 aliphatic rings. The zero-order valence-electron chi connectivity index (χ0n) is 8.58. The van der Waals surface area contributed by atoms with Gasteiger partial charge in [0.2, 0.25) is 0 Å². The number of aliphatic hydroxyl groups is 1. The first-order valence-corrected chi connectivity index (χ1v) is 5.15. The molecule has 1 heterocycles. The first kappa shape index (κ1) is 11.2. The molecule has 2 aromatic rings. The van der Waals surface area contributed by atoms with Crippen LogP contribution in [0, 0.1) is 12.7 Å². The Hall–Kier alpha value is -1.32. The predicted octanol–water partition coefficient (Wildman–Crippen LogP) is 3.46. The van der Waals surface area contributed by atoms with Crippen molar-refractivity contribution < 1.29 is 13.9 Å². The number of furan rings is 1. The molecule has 2 nitrogen and oxygen atoms in total. The molecule has 0 bridgehead atoms.